The van der Waals surface area contributed by atoms with E-state index in [1.54, 1.807) is 41.5 Å². The van der Waals surface area contributed by atoms with Crippen LogP contribution in [0.5, 0.6) is 0 Å². The van der Waals surface area contributed by atoms with Gasteiger partial charge in [0, 0.05) is 36.6 Å². The molecule has 5 rings (SSSR count). The first-order valence-corrected chi connectivity index (χ1v) is 20.2. The van der Waals surface area contributed by atoms with Crippen LogP contribution >= 0.6 is 0 Å². The van der Waals surface area contributed by atoms with E-state index in [2.05, 4.69) is 22.3 Å². The molecule has 1 aromatic rings. The number of nitrogens with one attached hydrogen (secondary N) is 1. The van der Waals surface area contributed by atoms with Gasteiger partial charge in [-0.15, -0.1) is 0 Å². The lowest BCUT2D eigenvalue weighted by Crippen LogP contribution is -2.60. The van der Waals surface area contributed by atoms with E-state index in [-0.39, 0.29) is 43.5 Å². The lowest BCUT2D eigenvalue weighted by molar-refractivity contribution is -0.296. The third kappa shape index (κ3) is 9.71. The molecule has 2 N–H and O–H groups in total. The van der Waals surface area contributed by atoms with Crippen LogP contribution in [0.3, 0.4) is 0 Å². The minimum absolute atomic E-state index is 0.0594. The number of carbonyl (C=O) groups excluding carboxylic acids is 4. The standard InChI is InChI=1S/C43H61N3O11/c1-11-33-43(8)37(44-41(51)56-43)26(4)34(47)24(2)23-42(7,52-20-16-15-19-30-22-31(45-57-30)29-17-13-12-14-18-29)38(27(5)35(48)28(6)39(50)54-33)55-40-36(49)32(46(9)10)21-25(3)53-40/h12-14,17-18,24-28,30,32-33,36-38,40,49H,11,19-23H2,1-10H3,(H,44,51)/t24-,25-,26+,27+,28-,30+,32+,33-,36-,37-,38-,40+,42-,43-/m1/s1. The molecule has 0 unspecified atom stereocenters. The van der Waals surface area contributed by atoms with Crippen molar-refractivity contribution in [3.8, 4) is 11.8 Å². The highest BCUT2D eigenvalue weighted by Crippen LogP contribution is 2.40. The zero-order valence-electron chi connectivity index (χ0n) is 35.0. The molecule has 14 heteroatoms. The van der Waals surface area contributed by atoms with Gasteiger partial charge in [-0.25, -0.2) is 4.79 Å². The number of hydrogen-bond acceptors (Lipinski definition) is 13. The van der Waals surface area contributed by atoms with E-state index in [1.165, 1.54) is 6.92 Å². The number of aliphatic hydroxyl groups is 1. The maximum atomic E-state index is 14.4. The zero-order chi connectivity index (χ0) is 41.8. The monoisotopic (exact) mass is 795 g/mol. The van der Waals surface area contributed by atoms with E-state index in [0.29, 0.717) is 19.3 Å². The second-order valence-corrected chi connectivity index (χ2v) is 16.9. The number of rotatable bonds is 8. The summed E-state index contributed by atoms with van der Waals surface area (Å²) in [5, 5.41) is 18.6. The Balaban J connectivity index is 1.48. The lowest BCUT2D eigenvalue weighted by atomic mass is 9.73. The summed E-state index contributed by atoms with van der Waals surface area (Å²) in [6, 6.07) is 8.65. The Morgan fingerprint density at radius 2 is 1.70 bits per heavy atom. The number of benzene rings is 1. The second kappa shape index (κ2) is 18.4. The van der Waals surface area contributed by atoms with Gasteiger partial charge in [0.2, 0.25) is 0 Å². The summed E-state index contributed by atoms with van der Waals surface area (Å²) >= 11 is 0. The molecule has 0 aromatic heterocycles. The minimum atomic E-state index is -1.40. The summed E-state index contributed by atoms with van der Waals surface area (Å²) in [4.78, 5) is 62.9. The van der Waals surface area contributed by atoms with Crippen molar-refractivity contribution in [2.45, 2.75) is 148 Å². The van der Waals surface area contributed by atoms with Crippen molar-refractivity contribution in [2.75, 3.05) is 20.7 Å². The molecular formula is C43H61N3O11. The number of fused-ring (bicyclic) bond motifs is 1. The number of likely N-dealkylation sites (N-methyl/N-ethyl adjacent to an activating group) is 1. The smallest absolute Gasteiger partial charge is 0.408 e. The molecule has 3 saturated heterocycles. The van der Waals surface area contributed by atoms with Crippen molar-refractivity contribution in [3.63, 3.8) is 0 Å². The molecular weight excluding hydrogens is 734 g/mol. The molecule has 4 aliphatic heterocycles. The number of oxime groups is 1. The number of Topliss-reactive ketones (excluding diaryl/α,β-unsaturated/α-hetero) is 2. The molecule has 4 heterocycles. The number of ketones is 2. The molecule has 0 aliphatic carbocycles. The van der Waals surface area contributed by atoms with Crippen molar-refractivity contribution < 1.29 is 52.8 Å². The molecule has 0 spiro atoms. The number of amides is 1. The molecule has 1 amide bonds. The first kappa shape index (κ1) is 44.2. The van der Waals surface area contributed by atoms with Crippen LogP contribution in [0, 0.1) is 35.5 Å². The highest BCUT2D eigenvalue weighted by molar-refractivity contribution is 6.01. The largest absolute Gasteiger partial charge is 0.458 e. The summed E-state index contributed by atoms with van der Waals surface area (Å²) in [6.07, 6.45) is -3.75. The van der Waals surface area contributed by atoms with Crippen molar-refractivity contribution in [1.82, 2.24) is 10.2 Å². The molecule has 14 nitrogen and oxygen atoms in total. The minimum Gasteiger partial charge on any atom is -0.458 e. The van der Waals surface area contributed by atoms with Crippen LogP contribution in [0.2, 0.25) is 0 Å². The summed E-state index contributed by atoms with van der Waals surface area (Å²) < 4.78 is 31.2. The zero-order valence-corrected chi connectivity index (χ0v) is 35.0. The van der Waals surface area contributed by atoms with Crippen LogP contribution < -0.4 is 5.32 Å². The molecule has 3 fully saturated rings. The number of carbonyl (C=O) groups is 4. The summed E-state index contributed by atoms with van der Waals surface area (Å²) in [7, 11) is 3.73. The van der Waals surface area contributed by atoms with Gasteiger partial charge in [0.15, 0.2) is 17.7 Å². The topological polar surface area (TPSA) is 172 Å². The quantitative estimate of drug-likeness (QED) is 0.216. The first-order valence-electron chi connectivity index (χ1n) is 20.2. The van der Waals surface area contributed by atoms with Crippen LogP contribution in [0.15, 0.2) is 35.5 Å². The SMILES string of the molecule is CC[C@H]1OC(=O)[C@H](C)C(=O)[C@H](C)[C@@H](O[C@@H]2O[C@H](C)C[C@H](N(C)C)[C@H]2O)[C@](C)(OCC#CC[C@H]2CC(c3ccccc3)=NO2)C[C@@H](C)C(=O)[C@H](C)[C@H]2NC(=O)O[C@@]21C. The Labute approximate surface area is 336 Å². The molecule has 1 aromatic carbocycles. The van der Waals surface area contributed by atoms with Crippen LogP contribution in [0.4, 0.5) is 4.79 Å². The van der Waals surface area contributed by atoms with Crippen molar-refractivity contribution in [2.24, 2.45) is 28.8 Å². The van der Waals surface area contributed by atoms with Crippen LogP contribution in [0.1, 0.15) is 93.1 Å². The predicted molar refractivity (Wildman–Crippen MR) is 210 cm³/mol. The van der Waals surface area contributed by atoms with E-state index in [9.17, 15) is 24.3 Å². The second-order valence-electron chi connectivity index (χ2n) is 16.9. The fourth-order valence-electron chi connectivity index (χ4n) is 8.90. The Morgan fingerprint density at radius 1 is 1.00 bits per heavy atom. The van der Waals surface area contributed by atoms with Gasteiger partial charge in [0.05, 0.1) is 29.6 Å². The predicted octanol–water partition coefficient (Wildman–Crippen LogP) is 4.43. The van der Waals surface area contributed by atoms with Crippen LogP contribution in [-0.4, -0.2) is 120 Å². The lowest BCUT2D eigenvalue weighted by Gasteiger charge is -2.47. The molecule has 14 atom stereocenters. The Bertz CT molecular complexity index is 1710. The van der Waals surface area contributed by atoms with Gasteiger partial charge in [0.25, 0.3) is 0 Å². The Morgan fingerprint density at radius 3 is 2.37 bits per heavy atom. The normalized spacial score (nSPS) is 39.1. The van der Waals surface area contributed by atoms with Crippen LogP contribution in [0.25, 0.3) is 0 Å². The van der Waals surface area contributed by atoms with Gasteiger partial charge in [-0.05, 0) is 66.6 Å². The Hall–Kier alpha value is -3.87. The van der Waals surface area contributed by atoms with Gasteiger partial charge in [-0.3, -0.25) is 14.4 Å². The van der Waals surface area contributed by atoms with E-state index >= 15 is 0 Å². The summed E-state index contributed by atoms with van der Waals surface area (Å²) in [5.74, 6) is 0.975. The van der Waals surface area contributed by atoms with Gasteiger partial charge in [0.1, 0.15) is 36.6 Å². The van der Waals surface area contributed by atoms with Crippen LogP contribution in [-0.2, 0) is 42.9 Å². The number of esters is 1. The molecule has 57 heavy (non-hydrogen) atoms. The molecule has 314 valence electrons. The van der Waals surface area contributed by atoms with E-state index in [1.807, 2.05) is 56.3 Å². The highest BCUT2D eigenvalue weighted by Gasteiger charge is 2.57. The van der Waals surface area contributed by atoms with E-state index in [0.717, 1.165) is 11.3 Å². The average Bonchev–Trinajstić information content (AvgIpc) is 3.78. The van der Waals surface area contributed by atoms with E-state index in [4.69, 9.17) is 28.5 Å². The summed E-state index contributed by atoms with van der Waals surface area (Å²) in [5.41, 5.74) is -0.950. The summed E-state index contributed by atoms with van der Waals surface area (Å²) in [6.45, 7) is 13.6. The van der Waals surface area contributed by atoms with Crippen molar-refractivity contribution >= 4 is 29.3 Å². The number of hydrogen-bond donors (Lipinski definition) is 2. The third-order valence-corrected chi connectivity index (χ3v) is 12.2. The number of nitrogens with zero attached hydrogens (tertiary/aromatic N) is 2. The molecule has 0 saturated carbocycles. The van der Waals surface area contributed by atoms with Gasteiger partial charge >= 0.3 is 12.1 Å². The van der Waals surface area contributed by atoms with Crippen molar-refractivity contribution in [1.29, 1.82) is 0 Å². The van der Waals surface area contributed by atoms with Gasteiger partial charge < -0.3 is 43.8 Å². The van der Waals surface area contributed by atoms with Crippen molar-refractivity contribution in [3.05, 3.63) is 35.9 Å². The maximum Gasteiger partial charge on any atom is 0.408 e. The van der Waals surface area contributed by atoms with Gasteiger partial charge in [-0.2, -0.15) is 0 Å². The molecule has 0 bridgehead atoms. The van der Waals surface area contributed by atoms with Gasteiger partial charge in [-0.1, -0.05) is 75.0 Å². The fraction of sp³-hybridized carbons (Fsp3) is 0.698. The number of cyclic esters (lactones) is 1. The fourth-order valence-corrected chi connectivity index (χ4v) is 8.90. The average molecular weight is 796 g/mol. The molecule has 0 radical (unpaired) electrons. The third-order valence-electron chi connectivity index (χ3n) is 12.2. The van der Waals surface area contributed by atoms with E-state index < -0.39 is 83.4 Å². The number of aliphatic hydroxyl groups excluding tert-OH is 1. The highest BCUT2D eigenvalue weighted by atomic mass is 16.7. The number of ether oxygens (including phenoxy) is 5. The first-order chi connectivity index (χ1) is 26.9. The number of alkyl carbamates (subject to hydrolysis) is 1. The molecule has 4 aliphatic rings. The maximum absolute atomic E-state index is 14.4. The Kier molecular flexibility index (Phi) is 14.3.